The van der Waals surface area contributed by atoms with Crippen LogP contribution in [0.15, 0.2) is 23.2 Å². The Bertz CT molecular complexity index is 762. The van der Waals surface area contributed by atoms with E-state index in [1.54, 1.807) is 20.8 Å². The second kappa shape index (κ2) is 7.44. The van der Waals surface area contributed by atoms with Gasteiger partial charge in [-0.3, -0.25) is 0 Å². The van der Waals surface area contributed by atoms with Crippen molar-refractivity contribution in [3.05, 3.63) is 33.1 Å². The lowest BCUT2D eigenvalue weighted by atomic mass is 9.85. The number of nitrogens with zero attached hydrogens (tertiary/aromatic N) is 1. The lowest BCUT2D eigenvalue weighted by molar-refractivity contribution is -0.208. The third-order valence-electron chi connectivity index (χ3n) is 3.67. The third kappa shape index (κ3) is 5.69. The lowest BCUT2D eigenvalue weighted by Crippen LogP contribution is -2.49. The molecule has 27 heavy (non-hydrogen) atoms. The van der Waals surface area contributed by atoms with Crippen LogP contribution in [-0.4, -0.2) is 30.0 Å². The second-order valence-corrected chi connectivity index (χ2v) is 8.54. The largest absolute Gasteiger partial charge is 0.452 e. The molecular formula is C17H19F4IN2O3. The van der Waals surface area contributed by atoms with Gasteiger partial charge < -0.3 is 9.47 Å². The van der Waals surface area contributed by atoms with Gasteiger partial charge in [0, 0.05) is 15.6 Å². The van der Waals surface area contributed by atoms with E-state index in [1.165, 1.54) is 19.1 Å². The first-order chi connectivity index (χ1) is 12.2. The van der Waals surface area contributed by atoms with Gasteiger partial charge in [0.2, 0.25) is 0 Å². The van der Waals surface area contributed by atoms with Crippen molar-refractivity contribution in [2.75, 3.05) is 0 Å². The normalized spacial score (nSPS) is 23.3. The highest BCUT2D eigenvalue weighted by molar-refractivity contribution is 14.1. The standard InChI is InChI=1S/C17H19F4IN2O3/c1-15(2,3)27-14(25)23-13-24-16(4,8-12(26-13)17(19,20)21)10-7-9(22)5-6-11(10)18/h5-7,12H,8H2,1-4H3,(H,23,24,25)/t12-,16-/m0/s1. The molecule has 150 valence electrons. The molecule has 0 radical (unpaired) electrons. The fourth-order valence-corrected chi connectivity index (χ4v) is 3.04. The summed E-state index contributed by atoms with van der Waals surface area (Å²) in [5, 5.41) is 2.08. The highest BCUT2D eigenvalue weighted by Gasteiger charge is 2.50. The van der Waals surface area contributed by atoms with Crippen molar-refractivity contribution in [2.24, 2.45) is 4.99 Å². The Morgan fingerprint density at radius 1 is 1.37 bits per heavy atom. The van der Waals surface area contributed by atoms with E-state index in [0.29, 0.717) is 3.57 Å². The molecule has 0 saturated carbocycles. The molecule has 0 fully saturated rings. The number of nitrogens with one attached hydrogen (secondary N) is 1. The number of amidine groups is 1. The number of rotatable bonds is 1. The maximum atomic E-state index is 14.3. The molecule has 1 aromatic rings. The van der Waals surface area contributed by atoms with E-state index >= 15 is 0 Å². The number of carbonyl (C=O) groups is 1. The van der Waals surface area contributed by atoms with Gasteiger partial charge in [0.15, 0.2) is 6.10 Å². The zero-order chi connectivity index (χ0) is 20.6. The van der Waals surface area contributed by atoms with E-state index in [0.717, 1.165) is 6.07 Å². The minimum absolute atomic E-state index is 0.0181. The van der Waals surface area contributed by atoms with Crippen LogP contribution in [0, 0.1) is 9.39 Å². The van der Waals surface area contributed by atoms with Crippen molar-refractivity contribution >= 4 is 34.7 Å². The van der Waals surface area contributed by atoms with Gasteiger partial charge >= 0.3 is 12.3 Å². The number of alkyl carbamates (subject to hydrolysis) is 1. The minimum atomic E-state index is -4.73. The molecule has 0 aliphatic carbocycles. The molecular weight excluding hydrogens is 483 g/mol. The van der Waals surface area contributed by atoms with E-state index < -0.39 is 47.8 Å². The van der Waals surface area contributed by atoms with E-state index in [2.05, 4.69) is 10.3 Å². The molecule has 1 aromatic carbocycles. The van der Waals surface area contributed by atoms with Gasteiger partial charge in [-0.2, -0.15) is 13.2 Å². The summed E-state index contributed by atoms with van der Waals surface area (Å²) < 4.78 is 64.8. The summed E-state index contributed by atoms with van der Waals surface area (Å²) in [6, 6.07) is 3.41. The van der Waals surface area contributed by atoms with Gasteiger partial charge in [0.1, 0.15) is 11.4 Å². The first kappa shape index (κ1) is 21.7. The second-order valence-electron chi connectivity index (χ2n) is 7.29. The third-order valence-corrected chi connectivity index (χ3v) is 4.34. The quantitative estimate of drug-likeness (QED) is 0.440. The molecule has 1 amide bonds. The Morgan fingerprint density at radius 2 is 2.00 bits per heavy atom. The van der Waals surface area contributed by atoms with Crippen LogP contribution in [-0.2, 0) is 15.0 Å². The van der Waals surface area contributed by atoms with Crippen molar-refractivity contribution < 1.29 is 31.8 Å². The van der Waals surface area contributed by atoms with Gasteiger partial charge in [0.25, 0.3) is 6.02 Å². The van der Waals surface area contributed by atoms with Crippen LogP contribution < -0.4 is 5.32 Å². The van der Waals surface area contributed by atoms with Gasteiger partial charge in [-0.25, -0.2) is 19.5 Å². The Labute approximate surface area is 167 Å². The molecule has 0 saturated heterocycles. The highest BCUT2D eigenvalue weighted by atomic mass is 127. The molecule has 2 rings (SSSR count). The molecule has 1 heterocycles. The number of carbonyl (C=O) groups excluding carboxylic acids is 1. The minimum Gasteiger partial charge on any atom is -0.452 e. The Hall–Kier alpha value is -1.59. The van der Waals surface area contributed by atoms with E-state index in [1.807, 2.05) is 22.6 Å². The van der Waals surface area contributed by atoms with Crippen LogP contribution in [0.3, 0.4) is 0 Å². The average Bonchev–Trinajstić information content (AvgIpc) is 2.46. The zero-order valence-corrected chi connectivity index (χ0v) is 17.2. The maximum Gasteiger partial charge on any atom is 0.425 e. The molecule has 1 N–H and O–H groups in total. The van der Waals surface area contributed by atoms with Gasteiger partial charge in [-0.1, -0.05) is 0 Å². The molecule has 10 heteroatoms. The first-order valence-corrected chi connectivity index (χ1v) is 9.06. The number of benzene rings is 1. The summed E-state index contributed by atoms with van der Waals surface area (Å²) in [4.78, 5) is 16.0. The number of halogens is 5. The Morgan fingerprint density at radius 3 is 2.56 bits per heavy atom. The summed E-state index contributed by atoms with van der Waals surface area (Å²) in [7, 11) is 0. The predicted molar refractivity (Wildman–Crippen MR) is 98.8 cm³/mol. The van der Waals surface area contributed by atoms with E-state index in [9.17, 15) is 22.4 Å². The molecule has 2 atom stereocenters. The zero-order valence-electron chi connectivity index (χ0n) is 15.1. The fraction of sp³-hybridized carbons (Fsp3) is 0.529. The number of alkyl halides is 3. The molecule has 1 aliphatic heterocycles. The average molecular weight is 502 g/mol. The highest BCUT2D eigenvalue weighted by Crippen LogP contribution is 2.41. The van der Waals surface area contributed by atoms with Crippen LogP contribution >= 0.6 is 22.6 Å². The number of ether oxygens (including phenoxy) is 2. The van der Waals surface area contributed by atoms with Crippen molar-refractivity contribution in [3.63, 3.8) is 0 Å². The fourth-order valence-electron chi connectivity index (χ4n) is 2.54. The number of aliphatic imine (C=N–C) groups is 1. The number of hydrogen-bond acceptors (Lipinski definition) is 4. The Kier molecular flexibility index (Phi) is 5.98. The topological polar surface area (TPSA) is 59.9 Å². The van der Waals surface area contributed by atoms with Crippen molar-refractivity contribution in [1.82, 2.24) is 5.32 Å². The van der Waals surface area contributed by atoms with Crippen LogP contribution in [0.2, 0.25) is 0 Å². The molecule has 0 bridgehead atoms. The van der Waals surface area contributed by atoms with Crippen LogP contribution in [0.4, 0.5) is 22.4 Å². The summed E-state index contributed by atoms with van der Waals surface area (Å²) in [5.41, 5.74) is -2.47. The monoisotopic (exact) mass is 502 g/mol. The van der Waals surface area contributed by atoms with Crippen LogP contribution in [0.5, 0.6) is 0 Å². The molecule has 0 spiro atoms. The molecule has 0 aromatic heterocycles. The summed E-state index contributed by atoms with van der Waals surface area (Å²) >= 11 is 1.93. The van der Waals surface area contributed by atoms with Gasteiger partial charge in [0.05, 0.1) is 5.54 Å². The maximum absolute atomic E-state index is 14.3. The predicted octanol–water partition coefficient (Wildman–Crippen LogP) is 4.88. The first-order valence-electron chi connectivity index (χ1n) is 7.98. The number of hydrogen-bond donors (Lipinski definition) is 1. The molecule has 5 nitrogen and oxygen atoms in total. The number of amides is 1. The van der Waals surface area contributed by atoms with E-state index in [-0.39, 0.29) is 5.56 Å². The van der Waals surface area contributed by atoms with Crippen molar-refractivity contribution in [1.29, 1.82) is 0 Å². The summed E-state index contributed by atoms with van der Waals surface area (Å²) in [5.74, 6) is -0.693. The van der Waals surface area contributed by atoms with Gasteiger partial charge in [-0.05, 0) is 68.5 Å². The smallest absolute Gasteiger partial charge is 0.425 e. The van der Waals surface area contributed by atoms with Crippen LogP contribution in [0.1, 0.15) is 39.7 Å². The summed E-state index contributed by atoms with van der Waals surface area (Å²) in [6.07, 6.45) is -8.64. The lowest BCUT2D eigenvalue weighted by Gasteiger charge is -2.36. The van der Waals surface area contributed by atoms with Crippen molar-refractivity contribution in [3.8, 4) is 0 Å². The van der Waals surface area contributed by atoms with Crippen molar-refractivity contribution in [2.45, 2.75) is 57.5 Å². The molecule has 1 aliphatic rings. The Balaban J connectivity index is 2.42. The van der Waals surface area contributed by atoms with E-state index in [4.69, 9.17) is 9.47 Å². The SMILES string of the molecule is CC(C)(C)OC(=O)NC1=N[C@](C)(c2cc(I)ccc2F)C[C@@H](C(F)(F)F)O1. The van der Waals surface area contributed by atoms with Crippen LogP contribution in [0.25, 0.3) is 0 Å². The summed E-state index contributed by atoms with van der Waals surface area (Å²) in [6.45, 7) is 6.15. The van der Waals surface area contributed by atoms with Gasteiger partial charge in [-0.15, -0.1) is 0 Å². The molecule has 0 unspecified atom stereocenters.